The van der Waals surface area contributed by atoms with Crippen LogP contribution in [0.1, 0.15) is 10.4 Å². The summed E-state index contributed by atoms with van der Waals surface area (Å²) in [5.74, 6) is -2.98. The van der Waals surface area contributed by atoms with E-state index in [4.69, 9.17) is 0 Å². The van der Waals surface area contributed by atoms with E-state index in [1.165, 1.54) is 0 Å². The fourth-order valence-corrected chi connectivity index (χ4v) is 2.18. The maximum atomic E-state index is 13.3. The second-order valence-electron chi connectivity index (χ2n) is 5.27. The minimum absolute atomic E-state index is 0.134. The van der Waals surface area contributed by atoms with Crippen molar-refractivity contribution < 1.29 is 28.6 Å². The zero-order valence-electron chi connectivity index (χ0n) is 14.1. The number of rotatable bonds is 6. The van der Waals surface area contributed by atoms with Gasteiger partial charge >= 0.3 is 22.9 Å². The van der Waals surface area contributed by atoms with Crippen LogP contribution < -0.4 is 10.9 Å². The number of esters is 1. The molecule has 28 heavy (non-hydrogen) atoms. The third-order valence-electron chi connectivity index (χ3n) is 3.43. The lowest BCUT2D eigenvalue weighted by Crippen LogP contribution is -2.29. The molecule has 12 nitrogen and oxygen atoms in total. The van der Waals surface area contributed by atoms with Crippen LogP contribution in [-0.4, -0.2) is 33.4 Å². The summed E-state index contributed by atoms with van der Waals surface area (Å²) in [6.45, 7) is -0.754. The topological polar surface area (TPSA) is 164 Å². The third kappa shape index (κ3) is 4.32. The molecule has 0 saturated carbocycles. The number of benzene rings is 1. The van der Waals surface area contributed by atoms with Crippen molar-refractivity contribution in [3.8, 4) is 0 Å². The quantitative estimate of drug-likeness (QED) is 0.434. The number of ether oxygens (including phenoxy) is 1. The Hall–Kier alpha value is -4.16. The van der Waals surface area contributed by atoms with Gasteiger partial charge in [0.2, 0.25) is 11.7 Å². The zero-order chi connectivity index (χ0) is 21.0. The summed E-state index contributed by atoms with van der Waals surface area (Å²) < 4.78 is 18.4. The molecule has 1 aromatic heterocycles. The number of amides is 1. The van der Waals surface area contributed by atoms with Gasteiger partial charge in [0.05, 0.1) is 22.5 Å². The number of carbonyl (C=O) groups excluding carboxylic acids is 2. The monoisotopic (exact) mass is 394 g/mol. The lowest BCUT2D eigenvalue weighted by molar-refractivity contribution is -0.387. The normalized spacial score (nSPS) is 10.2. The molecular weight excluding hydrogens is 383 g/mol. The molecule has 0 spiro atoms. The first kappa shape index (κ1) is 20.2. The SMILES string of the molecule is COC(=O)c1cc([N+](=O)[O-])c(=O)n(CC(=O)Nc2ccc(F)c([N+](=O)[O-])c2)c1. The molecule has 1 amide bonds. The van der Waals surface area contributed by atoms with Crippen molar-refractivity contribution in [2.75, 3.05) is 12.4 Å². The number of hydrogen-bond donors (Lipinski definition) is 1. The van der Waals surface area contributed by atoms with Gasteiger partial charge in [-0.1, -0.05) is 0 Å². The van der Waals surface area contributed by atoms with Crippen LogP contribution in [0.3, 0.4) is 0 Å². The molecule has 0 saturated heterocycles. The van der Waals surface area contributed by atoms with Gasteiger partial charge in [0.25, 0.3) is 0 Å². The van der Waals surface area contributed by atoms with E-state index in [9.17, 15) is 39.0 Å². The predicted octanol–water partition coefficient (Wildman–Crippen LogP) is 1.23. The summed E-state index contributed by atoms with van der Waals surface area (Å²) in [6, 6.07) is 3.30. The van der Waals surface area contributed by atoms with Gasteiger partial charge < -0.3 is 10.1 Å². The van der Waals surface area contributed by atoms with Crippen LogP contribution >= 0.6 is 0 Å². The number of nitro benzene ring substituents is 1. The number of carbonyl (C=O) groups is 2. The van der Waals surface area contributed by atoms with Crippen molar-refractivity contribution >= 4 is 28.9 Å². The number of hydrogen-bond acceptors (Lipinski definition) is 8. The maximum absolute atomic E-state index is 13.3. The lowest BCUT2D eigenvalue weighted by atomic mass is 10.2. The van der Waals surface area contributed by atoms with Crippen LogP contribution in [0.4, 0.5) is 21.5 Å². The molecule has 0 unspecified atom stereocenters. The molecule has 1 N–H and O–H groups in total. The van der Waals surface area contributed by atoms with Crippen molar-refractivity contribution in [3.63, 3.8) is 0 Å². The van der Waals surface area contributed by atoms with Crippen molar-refractivity contribution in [1.82, 2.24) is 4.57 Å². The number of nitro groups is 2. The van der Waals surface area contributed by atoms with E-state index in [1.54, 1.807) is 0 Å². The number of pyridine rings is 1. The fourth-order valence-electron chi connectivity index (χ4n) is 2.18. The number of methoxy groups -OCH3 is 1. The molecule has 0 bridgehead atoms. The predicted molar refractivity (Wildman–Crippen MR) is 90.4 cm³/mol. The summed E-state index contributed by atoms with van der Waals surface area (Å²) in [5.41, 5.74) is -3.45. The van der Waals surface area contributed by atoms with Gasteiger partial charge in [-0.3, -0.25) is 34.4 Å². The first-order valence-corrected chi connectivity index (χ1v) is 7.35. The van der Waals surface area contributed by atoms with Crippen LogP contribution in [-0.2, 0) is 16.1 Å². The van der Waals surface area contributed by atoms with E-state index >= 15 is 0 Å². The van der Waals surface area contributed by atoms with Gasteiger partial charge in [-0.25, -0.2) is 4.79 Å². The first-order chi connectivity index (χ1) is 13.1. The Balaban J connectivity index is 2.33. The van der Waals surface area contributed by atoms with Crippen molar-refractivity contribution in [1.29, 1.82) is 0 Å². The van der Waals surface area contributed by atoms with Crippen LogP contribution in [0.25, 0.3) is 0 Å². The number of nitrogens with zero attached hydrogens (tertiary/aromatic N) is 3. The number of halogens is 1. The van der Waals surface area contributed by atoms with Crippen molar-refractivity contribution in [2.24, 2.45) is 0 Å². The molecule has 0 atom stereocenters. The lowest BCUT2D eigenvalue weighted by Gasteiger charge is -2.09. The highest BCUT2D eigenvalue weighted by Gasteiger charge is 2.22. The molecular formula is C15H11FN4O8. The minimum atomic E-state index is -1.15. The highest BCUT2D eigenvalue weighted by atomic mass is 19.1. The largest absolute Gasteiger partial charge is 0.465 e. The van der Waals surface area contributed by atoms with E-state index in [2.05, 4.69) is 10.1 Å². The van der Waals surface area contributed by atoms with Gasteiger partial charge in [0.1, 0.15) is 6.54 Å². The standard InChI is InChI=1S/C15H11FN4O8/c1-28-15(23)8-4-12(20(26)27)14(22)18(6-8)7-13(21)17-9-2-3-10(16)11(5-9)19(24)25/h2-6H,7H2,1H3,(H,17,21). The van der Waals surface area contributed by atoms with Gasteiger partial charge in [-0.15, -0.1) is 0 Å². The molecule has 0 fully saturated rings. The summed E-state index contributed by atoms with van der Waals surface area (Å²) >= 11 is 0. The third-order valence-corrected chi connectivity index (χ3v) is 3.43. The number of nitrogens with one attached hydrogen (secondary N) is 1. The Bertz CT molecular complexity index is 1050. The first-order valence-electron chi connectivity index (χ1n) is 7.35. The van der Waals surface area contributed by atoms with Crippen LogP contribution in [0, 0.1) is 26.0 Å². The van der Waals surface area contributed by atoms with Gasteiger partial charge in [0.15, 0.2) is 0 Å². The van der Waals surface area contributed by atoms with Crippen LogP contribution in [0.2, 0.25) is 0 Å². The molecule has 1 aromatic carbocycles. The maximum Gasteiger partial charge on any atom is 0.339 e. The second kappa shape index (κ2) is 8.03. The van der Waals surface area contributed by atoms with E-state index in [0.29, 0.717) is 10.6 Å². The Morgan fingerprint density at radius 1 is 1.18 bits per heavy atom. The Morgan fingerprint density at radius 2 is 1.82 bits per heavy atom. The van der Waals surface area contributed by atoms with Crippen LogP contribution in [0.5, 0.6) is 0 Å². The Morgan fingerprint density at radius 3 is 2.39 bits per heavy atom. The van der Waals surface area contributed by atoms with Crippen LogP contribution in [0.15, 0.2) is 35.3 Å². The average Bonchev–Trinajstić information content (AvgIpc) is 2.63. The number of anilines is 1. The number of aromatic nitrogens is 1. The second-order valence-corrected chi connectivity index (χ2v) is 5.27. The molecule has 146 valence electrons. The molecule has 0 aliphatic heterocycles. The van der Waals surface area contributed by atoms with E-state index in [1.807, 2.05) is 0 Å². The summed E-state index contributed by atoms with van der Waals surface area (Å²) in [5, 5.41) is 23.9. The summed E-state index contributed by atoms with van der Waals surface area (Å²) in [4.78, 5) is 55.5. The zero-order valence-corrected chi connectivity index (χ0v) is 14.1. The van der Waals surface area contributed by atoms with Crippen molar-refractivity contribution in [2.45, 2.75) is 6.54 Å². The van der Waals surface area contributed by atoms with E-state index < -0.39 is 51.0 Å². The molecule has 13 heteroatoms. The molecule has 0 aliphatic rings. The average molecular weight is 394 g/mol. The molecule has 2 rings (SSSR count). The highest BCUT2D eigenvalue weighted by molar-refractivity contribution is 5.92. The molecule has 2 aromatic rings. The minimum Gasteiger partial charge on any atom is -0.465 e. The summed E-state index contributed by atoms with van der Waals surface area (Å²) in [7, 11) is 1.03. The van der Waals surface area contributed by atoms with Gasteiger partial charge in [0, 0.05) is 24.0 Å². The van der Waals surface area contributed by atoms with Gasteiger partial charge in [-0.05, 0) is 12.1 Å². The smallest absolute Gasteiger partial charge is 0.339 e. The Labute approximate surface area is 154 Å². The fraction of sp³-hybridized carbons (Fsp3) is 0.133. The molecule has 1 heterocycles. The van der Waals surface area contributed by atoms with Gasteiger partial charge in [-0.2, -0.15) is 4.39 Å². The molecule has 0 radical (unpaired) electrons. The van der Waals surface area contributed by atoms with Crippen molar-refractivity contribution in [3.05, 3.63) is 72.4 Å². The molecule has 0 aliphatic carbocycles. The Kier molecular flexibility index (Phi) is 5.78. The van der Waals surface area contributed by atoms with E-state index in [-0.39, 0.29) is 11.3 Å². The summed E-state index contributed by atoms with van der Waals surface area (Å²) in [6.07, 6.45) is 0.897. The van der Waals surface area contributed by atoms with E-state index in [0.717, 1.165) is 31.5 Å². The highest BCUT2D eigenvalue weighted by Crippen LogP contribution is 2.21.